The van der Waals surface area contributed by atoms with Gasteiger partial charge in [-0.15, -0.1) is 11.3 Å². The molecule has 0 bridgehead atoms. The number of esters is 1. The van der Waals surface area contributed by atoms with Gasteiger partial charge in [-0.3, -0.25) is 0 Å². The number of nitrogens with zero attached hydrogens (tertiary/aromatic N) is 3. The number of nitrogens with two attached hydrogens (primary N) is 1. The second-order valence-electron chi connectivity index (χ2n) is 7.12. The van der Waals surface area contributed by atoms with Crippen LogP contribution >= 0.6 is 11.3 Å². The van der Waals surface area contributed by atoms with Gasteiger partial charge in [0.05, 0.1) is 18.7 Å². The Bertz CT molecular complexity index is 795. The zero-order valence-corrected chi connectivity index (χ0v) is 15.9. The van der Waals surface area contributed by atoms with Gasteiger partial charge in [-0.1, -0.05) is 20.8 Å². The van der Waals surface area contributed by atoms with Gasteiger partial charge in [-0.2, -0.15) is 0 Å². The molecule has 7 heteroatoms. The average Bonchev–Trinajstić information content (AvgIpc) is 2.89. The maximum Gasteiger partial charge on any atom is 0.341 e. The van der Waals surface area contributed by atoms with E-state index in [4.69, 9.17) is 15.5 Å². The molecule has 0 atom stereocenters. The summed E-state index contributed by atoms with van der Waals surface area (Å²) in [6.07, 6.45) is 2.57. The van der Waals surface area contributed by atoms with E-state index in [1.807, 2.05) is 12.3 Å². The van der Waals surface area contributed by atoms with E-state index >= 15 is 0 Å². The number of nitrogen functional groups attached to an aromatic ring is 1. The highest BCUT2D eigenvalue weighted by Crippen LogP contribution is 2.36. The Morgan fingerprint density at radius 2 is 2.20 bits per heavy atom. The lowest BCUT2D eigenvalue weighted by Gasteiger charge is -2.29. The van der Waals surface area contributed by atoms with Gasteiger partial charge < -0.3 is 15.4 Å². The molecule has 0 aliphatic carbocycles. The Hall–Kier alpha value is -2.15. The fourth-order valence-corrected chi connectivity index (χ4v) is 4.06. The maximum atomic E-state index is 12.2. The van der Waals surface area contributed by atoms with E-state index in [1.54, 1.807) is 6.92 Å². The van der Waals surface area contributed by atoms with Crippen molar-refractivity contribution in [2.45, 2.75) is 46.1 Å². The van der Waals surface area contributed by atoms with E-state index < -0.39 is 0 Å². The van der Waals surface area contributed by atoms with Crippen LogP contribution in [0.2, 0.25) is 0 Å². The number of rotatable bonds is 3. The van der Waals surface area contributed by atoms with E-state index in [-0.39, 0.29) is 11.4 Å². The van der Waals surface area contributed by atoms with E-state index in [0.717, 1.165) is 35.0 Å². The molecule has 1 aliphatic rings. The number of hydrogen-bond acceptors (Lipinski definition) is 7. The molecule has 3 heterocycles. The first-order valence-corrected chi connectivity index (χ1v) is 9.28. The second-order valence-corrected chi connectivity index (χ2v) is 8.26. The summed E-state index contributed by atoms with van der Waals surface area (Å²) in [5, 5.41) is 0.545. The highest BCUT2D eigenvalue weighted by Gasteiger charge is 2.28. The molecule has 0 saturated carbocycles. The Morgan fingerprint density at radius 3 is 2.88 bits per heavy atom. The molecule has 0 fully saturated rings. The van der Waals surface area contributed by atoms with Crippen LogP contribution in [0, 0.1) is 0 Å². The van der Waals surface area contributed by atoms with Gasteiger partial charge in [0.15, 0.2) is 0 Å². The number of carbonyl (C=O) groups is 1. The fourth-order valence-electron chi connectivity index (χ4n) is 2.93. The lowest BCUT2D eigenvalue weighted by atomic mass is 9.96. The number of fused-ring (bicyclic) bond motifs is 1. The van der Waals surface area contributed by atoms with Crippen molar-refractivity contribution in [1.29, 1.82) is 0 Å². The minimum atomic E-state index is -0.317. The lowest BCUT2D eigenvalue weighted by Crippen LogP contribution is -2.31. The Labute approximate surface area is 152 Å². The summed E-state index contributed by atoms with van der Waals surface area (Å²) in [7, 11) is 0. The topological polar surface area (TPSA) is 81.3 Å². The molecule has 0 unspecified atom stereocenters. The van der Waals surface area contributed by atoms with E-state index in [1.165, 1.54) is 11.3 Å². The van der Waals surface area contributed by atoms with Crippen molar-refractivity contribution >= 4 is 28.1 Å². The highest BCUT2D eigenvalue weighted by molar-refractivity contribution is 7.16. The summed E-state index contributed by atoms with van der Waals surface area (Å²) in [4.78, 5) is 24.6. The third kappa shape index (κ3) is 3.46. The third-order valence-electron chi connectivity index (χ3n) is 4.20. The number of aromatic nitrogens is 2. The van der Waals surface area contributed by atoms with Crippen molar-refractivity contribution < 1.29 is 9.53 Å². The number of ether oxygens (including phenoxy) is 1. The molecular formula is C18H24N4O2S. The van der Waals surface area contributed by atoms with Crippen molar-refractivity contribution in [3.63, 3.8) is 0 Å². The van der Waals surface area contributed by atoms with Gasteiger partial charge in [0, 0.05) is 23.0 Å². The van der Waals surface area contributed by atoms with E-state index in [0.29, 0.717) is 23.7 Å². The van der Waals surface area contributed by atoms with Crippen LogP contribution in [0.15, 0.2) is 12.3 Å². The fraction of sp³-hybridized carbons (Fsp3) is 0.500. The van der Waals surface area contributed by atoms with Crippen molar-refractivity contribution in [3.8, 4) is 0 Å². The molecular weight excluding hydrogens is 336 g/mol. The monoisotopic (exact) mass is 360 g/mol. The van der Waals surface area contributed by atoms with Gasteiger partial charge in [0.1, 0.15) is 16.6 Å². The van der Waals surface area contributed by atoms with Crippen molar-refractivity contribution in [2.24, 2.45) is 0 Å². The molecule has 0 aromatic carbocycles. The highest BCUT2D eigenvalue weighted by atomic mass is 32.1. The van der Waals surface area contributed by atoms with Crippen molar-refractivity contribution in [3.05, 3.63) is 34.1 Å². The summed E-state index contributed by atoms with van der Waals surface area (Å²) < 4.78 is 5.15. The van der Waals surface area contributed by atoms with Crippen LogP contribution in [-0.2, 0) is 23.1 Å². The van der Waals surface area contributed by atoms with Gasteiger partial charge in [-0.05, 0) is 25.0 Å². The Balaban J connectivity index is 1.88. The molecule has 0 amide bonds. The predicted octanol–water partition coefficient (Wildman–Crippen LogP) is 3.16. The number of carbonyl (C=O) groups excluding carboxylic acids is 1. The van der Waals surface area contributed by atoms with Crippen LogP contribution in [-0.4, -0.2) is 29.1 Å². The van der Waals surface area contributed by atoms with Crippen LogP contribution in [0.1, 0.15) is 54.3 Å². The van der Waals surface area contributed by atoms with Gasteiger partial charge >= 0.3 is 5.97 Å². The largest absolute Gasteiger partial charge is 0.462 e. The van der Waals surface area contributed by atoms with Crippen molar-refractivity contribution in [1.82, 2.24) is 9.97 Å². The molecule has 6 nitrogen and oxygen atoms in total. The molecule has 3 rings (SSSR count). The standard InChI is InChI=1S/C18H24N4O2S/c1-5-24-16(23)14-11-7-9-22(10-12(11)25-15(14)19)13-6-8-20-17(21-13)18(2,3)4/h6,8H,5,7,9-10,19H2,1-4H3. The number of anilines is 2. The summed E-state index contributed by atoms with van der Waals surface area (Å²) in [5.41, 5.74) is 7.58. The molecule has 0 saturated heterocycles. The predicted molar refractivity (Wildman–Crippen MR) is 100 cm³/mol. The van der Waals surface area contributed by atoms with Crippen LogP contribution < -0.4 is 10.6 Å². The lowest BCUT2D eigenvalue weighted by molar-refractivity contribution is 0.0526. The summed E-state index contributed by atoms with van der Waals surface area (Å²) in [6.45, 7) is 9.95. The first-order chi connectivity index (χ1) is 11.8. The van der Waals surface area contributed by atoms with Crippen LogP contribution in [0.4, 0.5) is 10.8 Å². The number of hydrogen-bond donors (Lipinski definition) is 1. The summed E-state index contributed by atoms with van der Waals surface area (Å²) >= 11 is 1.47. The maximum absolute atomic E-state index is 12.2. The van der Waals surface area contributed by atoms with Crippen LogP contribution in [0.25, 0.3) is 0 Å². The van der Waals surface area contributed by atoms with Gasteiger partial charge in [0.2, 0.25) is 0 Å². The Morgan fingerprint density at radius 1 is 1.44 bits per heavy atom. The molecule has 25 heavy (non-hydrogen) atoms. The molecule has 2 aromatic heterocycles. The number of thiophene rings is 1. The smallest absolute Gasteiger partial charge is 0.341 e. The van der Waals surface area contributed by atoms with Gasteiger partial charge in [-0.25, -0.2) is 14.8 Å². The van der Waals surface area contributed by atoms with E-state index in [2.05, 4.69) is 30.7 Å². The molecule has 0 radical (unpaired) electrons. The SMILES string of the molecule is CCOC(=O)c1c(N)sc2c1CCN(c1ccnc(C(C)(C)C)n1)C2. The zero-order valence-electron chi connectivity index (χ0n) is 15.1. The molecule has 134 valence electrons. The zero-order chi connectivity index (χ0) is 18.2. The average molecular weight is 360 g/mol. The molecule has 0 spiro atoms. The molecule has 1 aliphatic heterocycles. The first kappa shape index (κ1) is 17.7. The van der Waals surface area contributed by atoms with E-state index in [9.17, 15) is 4.79 Å². The second kappa shape index (κ2) is 6.63. The van der Waals surface area contributed by atoms with Crippen molar-refractivity contribution in [2.75, 3.05) is 23.8 Å². The normalized spacial score (nSPS) is 14.3. The van der Waals surface area contributed by atoms with Crippen LogP contribution in [0.3, 0.4) is 0 Å². The third-order valence-corrected chi connectivity index (χ3v) is 5.25. The first-order valence-electron chi connectivity index (χ1n) is 8.47. The molecule has 2 aromatic rings. The molecule has 2 N–H and O–H groups in total. The summed E-state index contributed by atoms with van der Waals surface area (Å²) in [6, 6.07) is 1.93. The minimum absolute atomic E-state index is 0.0958. The van der Waals surface area contributed by atoms with Crippen LogP contribution in [0.5, 0.6) is 0 Å². The van der Waals surface area contributed by atoms with Gasteiger partial charge in [0.25, 0.3) is 0 Å². The quantitative estimate of drug-likeness (QED) is 0.847. The Kier molecular flexibility index (Phi) is 4.69. The summed E-state index contributed by atoms with van der Waals surface area (Å²) in [5.74, 6) is 1.42. The minimum Gasteiger partial charge on any atom is -0.462 e.